The summed E-state index contributed by atoms with van der Waals surface area (Å²) in [7, 11) is 0. The molecule has 2 rings (SSSR count). The van der Waals surface area contributed by atoms with Gasteiger partial charge in [-0.3, -0.25) is 4.79 Å². The SMILES string of the molecule is C[C@@H]1CN(C(=O)c2ccc(C#CCN)cn2)C[C@H](C)O1. The monoisotopic (exact) mass is 273 g/mol. The number of nitrogens with zero attached hydrogens (tertiary/aromatic N) is 2. The smallest absolute Gasteiger partial charge is 0.272 e. The van der Waals surface area contributed by atoms with Gasteiger partial charge in [-0.2, -0.15) is 0 Å². The lowest BCUT2D eigenvalue weighted by molar-refractivity contribution is -0.0587. The number of pyridine rings is 1. The number of amides is 1. The van der Waals surface area contributed by atoms with Crippen molar-refractivity contribution in [1.82, 2.24) is 9.88 Å². The van der Waals surface area contributed by atoms with E-state index in [2.05, 4.69) is 16.8 Å². The minimum Gasteiger partial charge on any atom is -0.372 e. The molecule has 0 saturated carbocycles. The molecule has 0 bridgehead atoms. The Labute approximate surface area is 119 Å². The molecule has 20 heavy (non-hydrogen) atoms. The molecular formula is C15H19N3O2. The van der Waals surface area contributed by atoms with Crippen LogP contribution in [0.15, 0.2) is 18.3 Å². The van der Waals surface area contributed by atoms with Gasteiger partial charge in [0.15, 0.2) is 0 Å². The second-order valence-corrected chi connectivity index (χ2v) is 4.91. The van der Waals surface area contributed by atoms with Crippen LogP contribution < -0.4 is 5.73 Å². The van der Waals surface area contributed by atoms with E-state index in [1.165, 1.54) is 0 Å². The Hall–Kier alpha value is -1.90. The lowest BCUT2D eigenvalue weighted by atomic mass is 10.2. The number of morpholine rings is 1. The molecule has 1 aromatic rings. The fourth-order valence-corrected chi connectivity index (χ4v) is 2.25. The van der Waals surface area contributed by atoms with Gasteiger partial charge in [-0.05, 0) is 26.0 Å². The lowest BCUT2D eigenvalue weighted by Crippen LogP contribution is -2.48. The Bertz CT molecular complexity index is 520. The lowest BCUT2D eigenvalue weighted by Gasteiger charge is -2.35. The Morgan fingerprint density at radius 2 is 2.15 bits per heavy atom. The van der Waals surface area contributed by atoms with Crippen LogP contribution in [0.4, 0.5) is 0 Å². The van der Waals surface area contributed by atoms with Crippen LogP contribution in [0.1, 0.15) is 29.9 Å². The minimum atomic E-state index is -0.0645. The van der Waals surface area contributed by atoms with Crippen molar-refractivity contribution < 1.29 is 9.53 Å². The summed E-state index contributed by atoms with van der Waals surface area (Å²) >= 11 is 0. The summed E-state index contributed by atoms with van der Waals surface area (Å²) in [6.45, 7) is 5.44. The third-order valence-electron chi connectivity index (χ3n) is 3.02. The summed E-state index contributed by atoms with van der Waals surface area (Å²) in [5.74, 6) is 5.57. The molecule has 0 unspecified atom stereocenters. The largest absolute Gasteiger partial charge is 0.372 e. The van der Waals surface area contributed by atoms with E-state index in [9.17, 15) is 4.79 Å². The second kappa shape index (κ2) is 6.51. The first-order valence-corrected chi connectivity index (χ1v) is 6.70. The van der Waals surface area contributed by atoms with E-state index in [1.807, 2.05) is 13.8 Å². The van der Waals surface area contributed by atoms with Crippen molar-refractivity contribution in [3.63, 3.8) is 0 Å². The molecular weight excluding hydrogens is 254 g/mol. The van der Waals surface area contributed by atoms with Crippen molar-refractivity contribution >= 4 is 5.91 Å². The van der Waals surface area contributed by atoms with Crippen LogP contribution in [0.25, 0.3) is 0 Å². The quantitative estimate of drug-likeness (QED) is 0.763. The highest BCUT2D eigenvalue weighted by Crippen LogP contribution is 2.13. The molecule has 1 aliphatic heterocycles. The van der Waals surface area contributed by atoms with Gasteiger partial charge in [-0.25, -0.2) is 4.98 Å². The molecule has 0 aliphatic carbocycles. The summed E-state index contributed by atoms with van der Waals surface area (Å²) in [6.07, 6.45) is 1.71. The number of ether oxygens (including phenoxy) is 1. The van der Waals surface area contributed by atoms with Crippen LogP contribution in [0.5, 0.6) is 0 Å². The van der Waals surface area contributed by atoms with Gasteiger partial charge in [-0.1, -0.05) is 11.8 Å². The highest BCUT2D eigenvalue weighted by molar-refractivity contribution is 5.92. The minimum absolute atomic E-state index is 0.0531. The van der Waals surface area contributed by atoms with Crippen molar-refractivity contribution in [3.05, 3.63) is 29.6 Å². The van der Waals surface area contributed by atoms with Crippen molar-refractivity contribution in [2.45, 2.75) is 26.1 Å². The van der Waals surface area contributed by atoms with Gasteiger partial charge in [0.05, 0.1) is 18.8 Å². The first kappa shape index (κ1) is 14.5. The molecule has 5 heteroatoms. The number of aromatic nitrogens is 1. The predicted octanol–water partition coefficient (Wildman–Crippen LogP) is 0.641. The van der Waals surface area contributed by atoms with E-state index in [0.717, 1.165) is 5.56 Å². The van der Waals surface area contributed by atoms with Gasteiger partial charge in [0, 0.05) is 24.8 Å². The molecule has 1 aliphatic rings. The van der Waals surface area contributed by atoms with Crippen LogP contribution in [0.3, 0.4) is 0 Å². The summed E-state index contributed by atoms with van der Waals surface area (Å²) in [5.41, 5.74) is 6.51. The maximum atomic E-state index is 12.4. The first-order chi connectivity index (χ1) is 9.60. The van der Waals surface area contributed by atoms with Crippen LogP contribution >= 0.6 is 0 Å². The zero-order chi connectivity index (χ0) is 14.5. The average Bonchev–Trinajstić information content (AvgIpc) is 2.44. The van der Waals surface area contributed by atoms with Crippen molar-refractivity contribution in [3.8, 4) is 11.8 Å². The fourth-order valence-electron chi connectivity index (χ4n) is 2.25. The standard InChI is InChI=1S/C15H19N3O2/c1-11-9-18(10-12(2)20-11)15(19)14-6-5-13(8-17-14)4-3-7-16/h5-6,8,11-12H,7,9-10,16H2,1-2H3/t11-,12+. The van der Waals surface area contributed by atoms with Gasteiger partial charge >= 0.3 is 0 Å². The van der Waals surface area contributed by atoms with E-state index < -0.39 is 0 Å². The zero-order valence-corrected chi connectivity index (χ0v) is 11.8. The predicted molar refractivity (Wildman–Crippen MR) is 76.1 cm³/mol. The second-order valence-electron chi connectivity index (χ2n) is 4.91. The summed E-state index contributed by atoms with van der Waals surface area (Å²) in [4.78, 5) is 18.3. The van der Waals surface area contributed by atoms with Gasteiger partial charge in [0.2, 0.25) is 0 Å². The summed E-state index contributed by atoms with van der Waals surface area (Å²) in [6, 6.07) is 3.49. The Morgan fingerprint density at radius 3 is 2.70 bits per heavy atom. The molecule has 106 valence electrons. The topological polar surface area (TPSA) is 68.5 Å². The summed E-state index contributed by atoms with van der Waals surface area (Å²) < 4.78 is 5.62. The molecule has 1 saturated heterocycles. The van der Waals surface area contributed by atoms with Crippen molar-refractivity contribution in [1.29, 1.82) is 0 Å². The number of hydrogen-bond acceptors (Lipinski definition) is 4. The molecule has 2 heterocycles. The van der Waals surface area contributed by atoms with Gasteiger partial charge in [0.25, 0.3) is 5.91 Å². The molecule has 0 spiro atoms. The zero-order valence-electron chi connectivity index (χ0n) is 11.8. The van der Waals surface area contributed by atoms with Crippen LogP contribution in [0.2, 0.25) is 0 Å². The van der Waals surface area contributed by atoms with Gasteiger partial charge in [0.1, 0.15) is 5.69 Å². The molecule has 0 radical (unpaired) electrons. The van der Waals surface area contributed by atoms with Crippen LogP contribution in [-0.2, 0) is 4.74 Å². The van der Waals surface area contributed by atoms with E-state index in [0.29, 0.717) is 25.3 Å². The number of carbonyl (C=O) groups excluding carboxylic acids is 1. The Morgan fingerprint density at radius 1 is 1.45 bits per heavy atom. The van der Waals surface area contributed by atoms with E-state index in [-0.39, 0.29) is 18.1 Å². The van der Waals surface area contributed by atoms with E-state index >= 15 is 0 Å². The average molecular weight is 273 g/mol. The molecule has 0 aromatic carbocycles. The Kier molecular flexibility index (Phi) is 4.72. The van der Waals surface area contributed by atoms with Gasteiger partial charge in [-0.15, -0.1) is 0 Å². The summed E-state index contributed by atoms with van der Waals surface area (Å²) in [5, 5.41) is 0. The molecule has 2 atom stereocenters. The third kappa shape index (κ3) is 3.56. The number of carbonyl (C=O) groups is 1. The third-order valence-corrected chi connectivity index (χ3v) is 3.02. The van der Waals surface area contributed by atoms with E-state index in [4.69, 9.17) is 10.5 Å². The molecule has 1 fully saturated rings. The Balaban J connectivity index is 2.09. The van der Waals surface area contributed by atoms with E-state index in [1.54, 1.807) is 23.2 Å². The molecule has 1 aromatic heterocycles. The first-order valence-electron chi connectivity index (χ1n) is 6.70. The maximum Gasteiger partial charge on any atom is 0.272 e. The van der Waals surface area contributed by atoms with Gasteiger partial charge < -0.3 is 15.4 Å². The van der Waals surface area contributed by atoms with Crippen LogP contribution in [-0.4, -0.2) is 47.6 Å². The fraction of sp³-hybridized carbons (Fsp3) is 0.467. The number of hydrogen-bond donors (Lipinski definition) is 1. The van der Waals surface area contributed by atoms with Crippen molar-refractivity contribution in [2.75, 3.05) is 19.6 Å². The normalized spacial score (nSPS) is 22.1. The highest BCUT2D eigenvalue weighted by atomic mass is 16.5. The van der Waals surface area contributed by atoms with Crippen molar-refractivity contribution in [2.24, 2.45) is 5.73 Å². The molecule has 5 nitrogen and oxygen atoms in total. The molecule has 1 amide bonds. The molecule has 2 N–H and O–H groups in total. The number of rotatable bonds is 1. The number of nitrogens with two attached hydrogens (primary N) is 1. The maximum absolute atomic E-state index is 12.4. The van der Waals surface area contributed by atoms with Crippen LogP contribution in [0, 0.1) is 11.8 Å². The highest BCUT2D eigenvalue weighted by Gasteiger charge is 2.27.